The summed E-state index contributed by atoms with van der Waals surface area (Å²) in [6.45, 7) is 4.07. The molecular formula is C52H50BrN9O5S4. The van der Waals surface area contributed by atoms with Gasteiger partial charge in [-0.15, -0.1) is 0 Å². The van der Waals surface area contributed by atoms with E-state index >= 15 is 0 Å². The van der Waals surface area contributed by atoms with Gasteiger partial charge in [0.15, 0.2) is 9.84 Å². The molecule has 14 nitrogen and oxygen atoms in total. The number of nitrogens with zero attached hydrogens (tertiary/aromatic N) is 8. The van der Waals surface area contributed by atoms with Crippen LogP contribution in [0.4, 0.5) is 10.9 Å². The van der Waals surface area contributed by atoms with Crippen molar-refractivity contribution < 1.29 is 21.6 Å². The summed E-state index contributed by atoms with van der Waals surface area (Å²) in [5.74, 6) is 1.58. The number of methoxy groups -OCH3 is 1. The molecule has 71 heavy (non-hydrogen) atoms. The van der Waals surface area contributed by atoms with Crippen molar-refractivity contribution in [3.63, 3.8) is 0 Å². The van der Waals surface area contributed by atoms with Gasteiger partial charge in [-0.05, 0) is 171 Å². The molecule has 2 fully saturated rings. The molecule has 0 radical (unpaired) electrons. The quantitative estimate of drug-likeness (QED) is 0.115. The van der Waals surface area contributed by atoms with Crippen LogP contribution in [-0.4, -0.2) is 65.7 Å². The highest BCUT2D eigenvalue weighted by atomic mass is 79.9. The standard InChI is InChI=1S/C25H26N4O3S2.C22H20N4O2S2.C5H4BrN/c1-17-13-20(32-2)9-8-19(17)15-29(25-27-16-28-33-25)34(30,31)21-10-11-22-18(14-21)5-3-6-23(22)24-7-4-12-26-24;27-30(28,14-22-24-15-25-29-22)17-9-10-18-16(13-17)5-3-6-19(18)20-7-4-12-26(20)21-8-1-2-11-23-21;6-5-3-1-2-4-7-5/h3,5-6,8-11,13-14,16,24,26H,4,7,12,15H2,1-2H3;1-3,5-6,8-11,13,15,20H,4,7,12,14H2;1-4H. The minimum Gasteiger partial charge on any atom is -0.497 e. The van der Waals surface area contributed by atoms with Gasteiger partial charge in [-0.1, -0.05) is 66.7 Å². The van der Waals surface area contributed by atoms with Crippen molar-refractivity contribution in [2.75, 3.05) is 29.4 Å². The predicted octanol–water partition coefficient (Wildman–Crippen LogP) is 11.1. The number of halogens is 1. The summed E-state index contributed by atoms with van der Waals surface area (Å²) in [7, 11) is -5.74. The van der Waals surface area contributed by atoms with E-state index in [1.807, 2.05) is 104 Å². The number of sulfone groups is 1. The molecule has 0 bridgehead atoms. The van der Waals surface area contributed by atoms with Crippen molar-refractivity contribution in [1.82, 2.24) is 34.0 Å². The zero-order valence-corrected chi connectivity index (χ0v) is 43.7. The van der Waals surface area contributed by atoms with Crippen LogP contribution >= 0.6 is 39.0 Å². The molecule has 11 rings (SSSR count). The SMILES string of the molecule is Brc1ccccn1.COc1ccc(CN(c2ncns2)S(=O)(=O)c2ccc3c(C4CCCN4)cccc3c2)c(C)c1.O=S(=O)(Cc1ncns1)c1ccc2c(C3CCCN3c3ccccn3)cccc2c1. The van der Waals surface area contributed by atoms with Gasteiger partial charge in [-0.3, -0.25) is 0 Å². The van der Waals surface area contributed by atoms with Crippen molar-refractivity contribution in [2.24, 2.45) is 0 Å². The smallest absolute Gasteiger partial charge is 0.266 e. The van der Waals surface area contributed by atoms with E-state index in [0.717, 1.165) is 111 Å². The van der Waals surface area contributed by atoms with Crippen LogP contribution < -0.4 is 19.3 Å². The number of hydrogen-bond donors (Lipinski definition) is 1. The van der Waals surface area contributed by atoms with Crippen molar-refractivity contribution >= 4 is 91.3 Å². The number of rotatable bonds is 12. The summed E-state index contributed by atoms with van der Waals surface area (Å²) < 4.78 is 68.9. The lowest BCUT2D eigenvalue weighted by Crippen LogP contribution is -2.30. The fourth-order valence-electron chi connectivity index (χ4n) is 8.99. The highest BCUT2D eigenvalue weighted by Gasteiger charge is 2.30. The van der Waals surface area contributed by atoms with Crippen molar-refractivity contribution in [3.05, 3.63) is 184 Å². The first-order valence-electron chi connectivity index (χ1n) is 22.9. The Morgan fingerprint density at radius 3 is 2.08 bits per heavy atom. The molecule has 2 aliphatic heterocycles. The first-order valence-corrected chi connectivity index (χ1v) is 28.4. The number of benzene rings is 5. The third-order valence-electron chi connectivity index (χ3n) is 12.5. The molecule has 6 heterocycles. The normalized spacial score (nSPS) is 15.7. The van der Waals surface area contributed by atoms with Crippen LogP contribution in [0.15, 0.2) is 167 Å². The molecule has 4 aromatic heterocycles. The van der Waals surface area contributed by atoms with Crippen molar-refractivity contribution in [3.8, 4) is 5.75 Å². The second-order valence-electron chi connectivity index (χ2n) is 16.9. The van der Waals surface area contributed by atoms with Crippen LogP contribution in [0.2, 0.25) is 0 Å². The molecule has 2 unspecified atom stereocenters. The Hall–Kier alpha value is -6.22. The molecule has 1 N–H and O–H groups in total. The van der Waals surface area contributed by atoms with E-state index in [0.29, 0.717) is 21.1 Å². The van der Waals surface area contributed by atoms with Gasteiger partial charge in [0.1, 0.15) is 39.6 Å². The second-order valence-corrected chi connectivity index (χ2v) is 23.2. The van der Waals surface area contributed by atoms with Crippen LogP contribution in [0, 0.1) is 6.92 Å². The lowest BCUT2D eigenvalue weighted by Gasteiger charge is -2.27. The summed E-state index contributed by atoms with van der Waals surface area (Å²) >= 11 is 5.37. The van der Waals surface area contributed by atoms with Crippen molar-refractivity contribution in [2.45, 2.75) is 66.8 Å². The zero-order valence-electron chi connectivity index (χ0n) is 38.9. The molecular weight excluding hydrogens is 1040 g/mol. The molecule has 0 aliphatic carbocycles. The number of pyridine rings is 2. The summed E-state index contributed by atoms with van der Waals surface area (Å²) in [5, 5.41) is 8.37. The zero-order chi connectivity index (χ0) is 49.4. The van der Waals surface area contributed by atoms with E-state index in [2.05, 4.69) is 67.0 Å². The number of nitrogens with one attached hydrogen (secondary N) is 1. The Morgan fingerprint density at radius 1 is 0.732 bits per heavy atom. The Bertz CT molecular complexity index is 3440. The van der Waals surface area contributed by atoms with Gasteiger partial charge in [0.25, 0.3) is 10.0 Å². The largest absolute Gasteiger partial charge is 0.497 e. The molecule has 0 spiro atoms. The molecule has 19 heteroatoms. The minimum absolute atomic E-state index is 0.126. The van der Waals surface area contributed by atoms with E-state index in [4.69, 9.17) is 4.74 Å². The maximum Gasteiger partial charge on any atom is 0.266 e. The monoisotopic (exact) mass is 1090 g/mol. The average molecular weight is 1090 g/mol. The fraction of sp³-hybridized carbons (Fsp3) is 0.231. The third kappa shape index (κ3) is 11.6. The van der Waals surface area contributed by atoms with Gasteiger partial charge in [0.2, 0.25) is 5.13 Å². The third-order valence-corrected chi connectivity index (χ3v) is 18.0. The maximum atomic E-state index is 13.9. The molecule has 364 valence electrons. The number of aromatic nitrogens is 6. The summed E-state index contributed by atoms with van der Waals surface area (Å²) in [5.41, 5.74) is 4.24. The molecule has 2 saturated heterocycles. The van der Waals surface area contributed by atoms with Gasteiger partial charge < -0.3 is 15.0 Å². The van der Waals surface area contributed by atoms with E-state index in [1.165, 1.54) is 28.1 Å². The Labute approximate surface area is 430 Å². The lowest BCUT2D eigenvalue weighted by atomic mass is 9.97. The fourth-order valence-corrected chi connectivity index (χ4v) is 13.6. The Kier molecular flexibility index (Phi) is 15.7. The number of hydrogen-bond acceptors (Lipinski definition) is 15. The second kappa shape index (κ2) is 22.5. The number of fused-ring (bicyclic) bond motifs is 2. The number of anilines is 2. The molecule has 0 saturated carbocycles. The van der Waals surface area contributed by atoms with Crippen LogP contribution in [-0.2, 0) is 32.2 Å². The Balaban J connectivity index is 0.000000155. The average Bonchev–Trinajstić information content (AvgIpc) is 4.26. The number of sulfonamides is 1. The predicted molar refractivity (Wildman–Crippen MR) is 285 cm³/mol. The summed E-state index contributed by atoms with van der Waals surface area (Å²) in [4.78, 5) is 19.5. The van der Waals surface area contributed by atoms with Crippen molar-refractivity contribution in [1.29, 1.82) is 0 Å². The molecule has 2 atom stereocenters. The highest BCUT2D eigenvalue weighted by molar-refractivity contribution is 9.10. The molecule has 9 aromatic rings. The van der Waals surface area contributed by atoms with E-state index in [-0.39, 0.29) is 23.2 Å². The van der Waals surface area contributed by atoms with Gasteiger partial charge >= 0.3 is 0 Å². The van der Waals surface area contributed by atoms with Gasteiger partial charge in [0, 0.05) is 36.5 Å². The first kappa shape index (κ1) is 49.7. The molecule has 0 amide bonds. The van der Waals surface area contributed by atoms with Gasteiger partial charge in [-0.2, -0.15) is 8.75 Å². The van der Waals surface area contributed by atoms with E-state index in [1.54, 1.807) is 37.6 Å². The van der Waals surface area contributed by atoms with E-state index in [9.17, 15) is 16.8 Å². The summed E-state index contributed by atoms with van der Waals surface area (Å²) in [6, 6.07) is 40.9. The van der Waals surface area contributed by atoms with Gasteiger partial charge in [0.05, 0.1) is 29.5 Å². The summed E-state index contributed by atoms with van der Waals surface area (Å²) in [6.07, 6.45) is 10.7. The van der Waals surface area contributed by atoms with Crippen LogP contribution in [0.5, 0.6) is 5.75 Å². The van der Waals surface area contributed by atoms with Crippen LogP contribution in [0.25, 0.3) is 21.5 Å². The number of ether oxygens (including phenoxy) is 1. The van der Waals surface area contributed by atoms with Gasteiger partial charge in [-0.25, -0.2) is 41.1 Å². The van der Waals surface area contributed by atoms with E-state index < -0.39 is 19.9 Å². The Morgan fingerprint density at radius 2 is 1.45 bits per heavy atom. The lowest BCUT2D eigenvalue weighted by molar-refractivity contribution is 0.414. The van der Waals surface area contributed by atoms with Crippen LogP contribution in [0.3, 0.4) is 0 Å². The molecule has 2 aliphatic rings. The number of aryl methyl sites for hydroxylation is 1. The maximum absolute atomic E-state index is 13.9. The highest BCUT2D eigenvalue weighted by Crippen LogP contribution is 2.39. The topological polar surface area (TPSA) is 173 Å². The first-order chi connectivity index (χ1) is 34.5. The minimum atomic E-state index is -3.88. The molecule has 5 aromatic carbocycles. The van der Waals surface area contributed by atoms with Crippen LogP contribution in [0.1, 0.15) is 65.0 Å².